The van der Waals surface area contributed by atoms with Crippen molar-refractivity contribution in [3.8, 4) is 0 Å². The van der Waals surface area contributed by atoms with Crippen molar-refractivity contribution in [2.75, 3.05) is 19.8 Å². The molecule has 1 amide bonds. The van der Waals surface area contributed by atoms with Gasteiger partial charge in [0.2, 0.25) is 5.91 Å². The smallest absolute Gasteiger partial charge is 0.472 e. The van der Waals surface area contributed by atoms with Crippen LogP contribution in [-0.4, -0.2) is 64.9 Å². The SMILES string of the molecule is CCCCCCCC/C=C/CCCCCCCCCCCC(=O)NC(COP(=O)(O)OCC(O)COC(=O)CCCCCC)C(=O)O. The third kappa shape index (κ3) is 31.3. The molecule has 4 N–H and O–H groups in total. The number of phosphoric ester groups is 1. The monoisotopic (exact) mass is 691 g/mol. The third-order valence-electron chi connectivity index (χ3n) is 7.80. The summed E-state index contributed by atoms with van der Waals surface area (Å²) in [6.45, 7) is 2.42. The van der Waals surface area contributed by atoms with Crippen LogP contribution in [0.4, 0.5) is 0 Å². The van der Waals surface area contributed by atoms with Crippen molar-refractivity contribution in [3.05, 3.63) is 12.2 Å². The maximum Gasteiger partial charge on any atom is 0.472 e. The molecule has 0 aromatic carbocycles. The number of nitrogens with one attached hydrogen (secondary N) is 1. The predicted molar refractivity (Wildman–Crippen MR) is 185 cm³/mol. The molecule has 0 bridgehead atoms. The second-order valence-electron chi connectivity index (χ2n) is 12.4. The molecule has 0 spiro atoms. The minimum absolute atomic E-state index is 0.146. The molecule has 0 heterocycles. The molecule has 0 aliphatic heterocycles. The lowest BCUT2D eigenvalue weighted by atomic mass is 10.1. The summed E-state index contributed by atoms with van der Waals surface area (Å²) in [5.74, 6) is -2.39. The molecule has 3 atom stereocenters. The highest BCUT2D eigenvalue weighted by Gasteiger charge is 2.28. The minimum atomic E-state index is -4.73. The van der Waals surface area contributed by atoms with Gasteiger partial charge in [0.15, 0.2) is 6.04 Å². The van der Waals surface area contributed by atoms with Gasteiger partial charge in [-0.25, -0.2) is 9.36 Å². The quantitative estimate of drug-likeness (QED) is 0.0224. The van der Waals surface area contributed by atoms with Gasteiger partial charge in [0.05, 0.1) is 13.2 Å². The molecule has 0 radical (unpaired) electrons. The highest BCUT2D eigenvalue weighted by atomic mass is 31.2. The molecule has 0 aliphatic rings. The third-order valence-corrected chi connectivity index (χ3v) is 8.76. The Morgan fingerprint density at radius 2 is 1.11 bits per heavy atom. The molecule has 0 saturated heterocycles. The fourth-order valence-electron chi connectivity index (χ4n) is 4.90. The Labute approximate surface area is 284 Å². The maximum atomic E-state index is 12.2. The molecule has 0 fully saturated rings. The van der Waals surface area contributed by atoms with Crippen LogP contribution >= 0.6 is 7.82 Å². The van der Waals surface area contributed by atoms with Gasteiger partial charge >= 0.3 is 19.8 Å². The average Bonchev–Trinajstić information content (AvgIpc) is 3.04. The van der Waals surface area contributed by atoms with Crippen molar-refractivity contribution >= 4 is 25.7 Å². The summed E-state index contributed by atoms with van der Waals surface area (Å²) in [6.07, 6.45) is 27.5. The van der Waals surface area contributed by atoms with Gasteiger partial charge in [-0.1, -0.05) is 122 Å². The van der Waals surface area contributed by atoms with Crippen molar-refractivity contribution in [2.45, 2.75) is 174 Å². The fraction of sp³-hybridized carbons (Fsp3) is 0.857. The molecule has 11 nitrogen and oxygen atoms in total. The summed E-state index contributed by atoms with van der Waals surface area (Å²) in [5.41, 5.74) is 0. The molecule has 0 saturated carbocycles. The van der Waals surface area contributed by atoms with Crippen molar-refractivity contribution in [2.24, 2.45) is 0 Å². The second-order valence-corrected chi connectivity index (χ2v) is 13.9. The first kappa shape index (κ1) is 45.2. The number of aliphatic hydroxyl groups excluding tert-OH is 1. The van der Waals surface area contributed by atoms with Gasteiger partial charge in [0.25, 0.3) is 0 Å². The zero-order valence-corrected chi connectivity index (χ0v) is 30.2. The van der Waals surface area contributed by atoms with E-state index in [0.29, 0.717) is 12.8 Å². The lowest BCUT2D eigenvalue weighted by molar-refractivity contribution is -0.147. The van der Waals surface area contributed by atoms with Crippen molar-refractivity contribution < 1.29 is 47.8 Å². The summed E-state index contributed by atoms with van der Waals surface area (Å²) in [5, 5.41) is 21.6. The number of hydrogen-bond donors (Lipinski definition) is 4. The fourth-order valence-corrected chi connectivity index (χ4v) is 5.67. The van der Waals surface area contributed by atoms with Gasteiger partial charge < -0.3 is 25.2 Å². The lowest BCUT2D eigenvalue weighted by Gasteiger charge is -2.18. The number of unbranched alkanes of at least 4 members (excludes halogenated alkanes) is 18. The molecule has 276 valence electrons. The number of carboxylic acids is 1. The van der Waals surface area contributed by atoms with E-state index in [4.69, 9.17) is 9.26 Å². The number of esters is 1. The molecule has 12 heteroatoms. The van der Waals surface area contributed by atoms with Crippen LogP contribution in [0.1, 0.15) is 162 Å². The van der Waals surface area contributed by atoms with E-state index in [2.05, 4.69) is 35.8 Å². The normalized spacial score (nSPS) is 14.1. The van der Waals surface area contributed by atoms with Gasteiger partial charge in [-0.3, -0.25) is 18.6 Å². The molecule has 0 rings (SSSR count). The first-order chi connectivity index (χ1) is 22.6. The van der Waals surface area contributed by atoms with E-state index in [1.54, 1.807) is 0 Å². The molecule has 0 aromatic rings. The van der Waals surface area contributed by atoms with E-state index in [9.17, 15) is 34.1 Å². The van der Waals surface area contributed by atoms with Crippen LogP contribution in [0.25, 0.3) is 0 Å². The molecule has 0 aromatic heterocycles. The Bertz CT molecular complexity index is 869. The summed E-state index contributed by atoms with van der Waals surface area (Å²) in [4.78, 5) is 45.3. The van der Waals surface area contributed by atoms with Gasteiger partial charge in [-0.15, -0.1) is 0 Å². The standard InChI is InChI=1S/C35H66NO10P/c1-3-5-7-9-10-11-12-13-14-15-16-17-18-19-20-21-22-23-24-26-33(38)36-32(35(40)41)30-46-47(42,43)45-29-31(37)28-44-34(39)27-25-8-6-4-2/h13-14,31-32,37H,3-12,15-30H2,1-2H3,(H,36,38)(H,40,41)(H,42,43)/b14-13+. The summed E-state index contributed by atoms with van der Waals surface area (Å²) >= 11 is 0. The molecule has 3 unspecified atom stereocenters. The summed E-state index contributed by atoms with van der Waals surface area (Å²) in [7, 11) is -4.73. The number of carboxylic acid groups (broad SMARTS) is 1. The van der Waals surface area contributed by atoms with Crippen molar-refractivity contribution in [1.29, 1.82) is 0 Å². The summed E-state index contributed by atoms with van der Waals surface area (Å²) in [6, 6.07) is -1.54. The molecule has 47 heavy (non-hydrogen) atoms. The number of aliphatic hydroxyl groups is 1. The first-order valence-electron chi connectivity index (χ1n) is 18.2. The molecular weight excluding hydrogens is 625 g/mol. The number of rotatable bonds is 34. The Hall–Kier alpha value is -1.78. The van der Waals surface area contributed by atoms with Crippen LogP contribution in [0.2, 0.25) is 0 Å². The van der Waals surface area contributed by atoms with Crippen LogP contribution in [0.5, 0.6) is 0 Å². The van der Waals surface area contributed by atoms with Crippen molar-refractivity contribution in [3.63, 3.8) is 0 Å². The highest BCUT2D eigenvalue weighted by molar-refractivity contribution is 7.47. The Kier molecular flexibility index (Phi) is 30.3. The Morgan fingerprint density at radius 1 is 0.660 bits per heavy atom. The van der Waals surface area contributed by atoms with Crippen LogP contribution in [0.3, 0.4) is 0 Å². The van der Waals surface area contributed by atoms with Crippen LogP contribution < -0.4 is 5.32 Å². The number of aliphatic carboxylic acids is 1. The topological polar surface area (TPSA) is 169 Å². The number of hydrogen-bond acceptors (Lipinski definition) is 8. The summed E-state index contributed by atoms with van der Waals surface area (Å²) < 4.78 is 26.4. The minimum Gasteiger partial charge on any atom is -0.480 e. The number of amides is 1. The largest absolute Gasteiger partial charge is 0.480 e. The van der Waals surface area contributed by atoms with Crippen LogP contribution in [-0.2, 0) is 32.7 Å². The van der Waals surface area contributed by atoms with Crippen molar-refractivity contribution in [1.82, 2.24) is 5.32 Å². The molecular formula is C35H66NO10P. The predicted octanol–water partition coefficient (Wildman–Crippen LogP) is 8.16. The van der Waals surface area contributed by atoms with E-state index < -0.39 is 57.6 Å². The van der Waals surface area contributed by atoms with E-state index in [0.717, 1.165) is 38.5 Å². The first-order valence-corrected chi connectivity index (χ1v) is 19.7. The van der Waals surface area contributed by atoms with Crippen LogP contribution in [0, 0.1) is 0 Å². The highest BCUT2D eigenvalue weighted by Crippen LogP contribution is 2.43. The maximum absolute atomic E-state index is 12.2. The number of carbonyl (C=O) groups excluding carboxylic acids is 2. The van der Waals surface area contributed by atoms with Gasteiger partial charge in [-0.2, -0.15) is 0 Å². The Balaban J connectivity index is 3.90. The van der Waals surface area contributed by atoms with Gasteiger partial charge in [0, 0.05) is 12.8 Å². The average molecular weight is 692 g/mol. The zero-order chi connectivity index (χ0) is 35.0. The lowest BCUT2D eigenvalue weighted by Crippen LogP contribution is -2.43. The number of allylic oxidation sites excluding steroid dienone is 2. The van der Waals surface area contributed by atoms with Crippen LogP contribution in [0.15, 0.2) is 12.2 Å². The van der Waals surface area contributed by atoms with Gasteiger partial charge in [0.1, 0.15) is 12.7 Å². The van der Waals surface area contributed by atoms with E-state index in [1.807, 2.05) is 0 Å². The molecule has 0 aliphatic carbocycles. The van der Waals surface area contributed by atoms with Gasteiger partial charge in [-0.05, 0) is 38.5 Å². The number of carbonyl (C=O) groups is 3. The van der Waals surface area contributed by atoms with E-state index in [-0.39, 0.29) is 12.8 Å². The zero-order valence-electron chi connectivity index (χ0n) is 29.3. The second kappa shape index (κ2) is 31.5. The Morgan fingerprint density at radius 3 is 1.64 bits per heavy atom. The van der Waals surface area contributed by atoms with E-state index >= 15 is 0 Å². The van der Waals surface area contributed by atoms with E-state index in [1.165, 1.54) is 83.5 Å². The number of phosphoric acid groups is 1. The number of ether oxygens (including phenoxy) is 1.